The molecule has 0 bridgehead atoms. The number of hydrogen-bond acceptors (Lipinski definition) is 3. The van der Waals surface area contributed by atoms with Crippen molar-refractivity contribution in [2.24, 2.45) is 11.1 Å². The Hall–Kier alpha value is -0.610. The number of amides is 1. The van der Waals surface area contributed by atoms with E-state index >= 15 is 0 Å². The van der Waals surface area contributed by atoms with Crippen LogP contribution in [0.15, 0.2) is 0 Å². The van der Waals surface area contributed by atoms with Crippen molar-refractivity contribution in [2.45, 2.75) is 52.0 Å². The minimum atomic E-state index is 0.179. The molecule has 0 saturated carbocycles. The first-order valence-electron chi connectivity index (χ1n) is 7.11. The molecule has 3 N–H and O–H groups in total. The fourth-order valence-corrected chi connectivity index (χ4v) is 2.42. The largest absolute Gasteiger partial charge is 0.353 e. The number of likely N-dealkylation sites (tertiary alicyclic amines) is 1. The minimum Gasteiger partial charge on any atom is -0.353 e. The van der Waals surface area contributed by atoms with Crippen molar-refractivity contribution in [2.75, 3.05) is 26.7 Å². The first-order valence-corrected chi connectivity index (χ1v) is 7.11. The fourth-order valence-electron chi connectivity index (χ4n) is 2.42. The molecule has 0 aromatic heterocycles. The molecule has 1 saturated heterocycles. The average Bonchev–Trinajstić information content (AvgIpc) is 2.30. The van der Waals surface area contributed by atoms with Crippen molar-refractivity contribution in [3.8, 4) is 0 Å². The lowest BCUT2D eigenvalue weighted by molar-refractivity contribution is -0.122. The summed E-state index contributed by atoms with van der Waals surface area (Å²) in [5, 5.41) is 3.16. The molecule has 0 aliphatic carbocycles. The van der Waals surface area contributed by atoms with E-state index in [1.807, 2.05) is 0 Å². The van der Waals surface area contributed by atoms with Crippen molar-refractivity contribution >= 4 is 5.91 Å². The van der Waals surface area contributed by atoms with Gasteiger partial charge in [0, 0.05) is 12.5 Å². The van der Waals surface area contributed by atoms with E-state index in [-0.39, 0.29) is 11.3 Å². The SMILES string of the molecule is CN1CCC(NC(=O)CCC(C)(C)CCN)CC1. The van der Waals surface area contributed by atoms with Gasteiger partial charge in [0.1, 0.15) is 0 Å². The first-order chi connectivity index (χ1) is 8.43. The monoisotopic (exact) mass is 255 g/mol. The first kappa shape index (κ1) is 15.4. The van der Waals surface area contributed by atoms with Gasteiger partial charge in [-0.2, -0.15) is 0 Å². The van der Waals surface area contributed by atoms with Crippen LogP contribution >= 0.6 is 0 Å². The maximum absolute atomic E-state index is 11.9. The molecule has 0 radical (unpaired) electrons. The quantitative estimate of drug-likeness (QED) is 0.753. The van der Waals surface area contributed by atoms with Gasteiger partial charge in [0.25, 0.3) is 0 Å². The Labute approximate surface area is 111 Å². The van der Waals surface area contributed by atoms with Crippen LogP contribution in [0.4, 0.5) is 0 Å². The van der Waals surface area contributed by atoms with E-state index in [2.05, 4.69) is 31.1 Å². The molecule has 1 aliphatic rings. The molecule has 1 amide bonds. The molecule has 1 heterocycles. The van der Waals surface area contributed by atoms with Crippen LogP contribution in [-0.2, 0) is 4.79 Å². The third-order valence-corrected chi connectivity index (χ3v) is 3.93. The molecule has 0 aromatic carbocycles. The predicted molar refractivity (Wildman–Crippen MR) is 75.3 cm³/mol. The van der Waals surface area contributed by atoms with Crippen LogP contribution in [-0.4, -0.2) is 43.5 Å². The molecule has 106 valence electrons. The molecule has 4 heteroatoms. The van der Waals surface area contributed by atoms with Gasteiger partial charge in [-0.1, -0.05) is 13.8 Å². The summed E-state index contributed by atoms with van der Waals surface area (Å²) < 4.78 is 0. The molecular formula is C14H29N3O. The lowest BCUT2D eigenvalue weighted by Crippen LogP contribution is -2.43. The second-order valence-corrected chi connectivity index (χ2v) is 6.35. The van der Waals surface area contributed by atoms with Crippen LogP contribution in [0.25, 0.3) is 0 Å². The Morgan fingerprint density at radius 1 is 1.33 bits per heavy atom. The standard InChI is InChI=1S/C14H29N3O/c1-14(2,8-9-15)7-4-13(18)16-12-5-10-17(3)11-6-12/h12H,4-11,15H2,1-3H3,(H,16,18). The van der Waals surface area contributed by atoms with Crippen LogP contribution in [0.5, 0.6) is 0 Å². The van der Waals surface area contributed by atoms with E-state index in [0.29, 0.717) is 19.0 Å². The number of rotatable bonds is 6. The number of nitrogens with zero attached hydrogens (tertiary/aromatic N) is 1. The average molecular weight is 255 g/mol. The smallest absolute Gasteiger partial charge is 0.220 e. The Morgan fingerprint density at radius 2 is 1.94 bits per heavy atom. The Balaban J connectivity index is 2.21. The number of nitrogens with one attached hydrogen (secondary N) is 1. The molecule has 0 unspecified atom stereocenters. The van der Waals surface area contributed by atoms with E-state index < -0.39 is 0 Å². The zero-order valence-electron chi connectivity index (χ0n) is 12.2. The second-order valence-electron chi connectivity index (χ2n) is 6.35. The van der Waals surface area contributed by atoms with Gasteiger partial charge in [-0.25, -0.2) is 0 Å². The predicted octanol–water partition coefficient (Wildman–Crippen LogP) is 1.35. The maximum Gasteiger partial charge on any atom is 0.220 e. The van der Waals surface area contributed by atoms with Gasteiger partial charge in [0.2, 0.25) is 5.91 Å². The highest BCUT2D eigenvalue weighted by molar-refractivity contribution is 5.76. The van der Waals surface area contributed by atoms with Gasteiger partial charge < -0.3 is 16.0 Å². The van der Waals surface area contributed by atoms with Gasteiger partial charge in [-0.3, -0.25) is 4.79 Å². The molecular weight excluding hydrogens is 226 g/mol. The molecule has 0 spiro atoms. The molecule has 1 fully saturated rings. The zero-order valence-corrected chi connectivity index (χ0v) is 12.2. The highest BCUT2D eigenvalue weighted by Crippen LogP contribution is 2.25. The summed E-state index contributed by atoms with van der Waals surface area (Å²) in [6.07, 6.45) is 4.68. The van der Waals surface area contributed by atoms with Crippen LogP contribution < -0.4 is 11.1 Å². The Kier molecular flexibility index (Phi) is 6.09. The van der Waals surface area contributed by atoms with Crippen LogP contribution in [0.1, 0.15) is 46.0 Å². The summed E-state index contributed by atoms with van der Waals surface area (Å²) in [6.45, 7) is 7.24. The molecule has 1 aliphatic heterocycles. The summed E-state index contributed by atoms with van der Waals surface area (Å²) in [6, 6.07) is 0.381. The topological polar surface area (TPSA) is 58.4 Å². The molecule has 4 nitrogen and oxygen atoms in total. The van der Waals surface area contributed by atoms with E-state index in [1.54, 1.807) is 0 Å². The third kappa shape index (κ3) is 5.83. The zero-order chi connectivity index (χ0) is 13.6. The van der Waals surface area contributed by atoms with Gasteiger partial charge >= 0.3 is 0 Å². The Bertz CT molecular complexity index is 258. The van der Waals surface area contributed by atoms with Crippen molar-refractivity contribution in [1.82, 2.24) is 10.2 Å². The minimum absolute atomic E-state index is 0.179. The van der Waals surface area contributed by atoms with Gasteiger partial charge in [-0.05, 0) is 57.8 Å². The maximum atomic E-state index is 11.9. The lowest BCUT2D eigenvalue weighted by atomic mass is 9.84. The summed E-state index contributed by atoms with van der Waals surface area (Å²) >= 11 is 0. The second kappa shape index (κ2) is 7.10. The highest BCUT2D eigenvalue weighted by atomic mass is 16.1. The summed E-state index contributed by atoms with van der Waals surface area (Å²) in [5.74, 6) is 0.203. The van der Waals surface area contributed by atoms with Crippen molar-refractivity contribution in [1.29, 1.82) is 0 Å². The molecule has 18 heavy (non-hydrogen) atoms. The number of hydrogen-bond donors (Lipinski definition) is 2. The van der Waals surface area contributed by atoms with Crippen LogP contribution in [0.3, 0.4) is 0 Å². The van der Waals surface area contributed by atoms with Crippen LogP contribution in [0, 0.1) is 5.41 Å². The van der Waals surface area contributed by atoms with E-state index in [9.17, 15) is 4.79 Å². The fraction of sp³-hybridized carbons (Fsp3) is 0.929. The van der Waals surface area contributed by atoms with Crippen molar-refractivity contribution in [3.05, 3.63) is 0 Å². The van der Waals surface area contributed by atoms with Gasteiger partial charge in [-0.15, -0.1) is 0 Å². The Morgan fingerprint density at radius 3 is 2.50 bits per heavy atom. The number of nitrogens with two attached hydrogens (primary N) is 1. The van der Waals surface area contributed by atoms with E-state index in [0.717, 1.165) is 38.8 Å². The molecule has 0 aromatic rings. The normalized spacial score (nSPS) is 18.9. The van der Waals surface area contributed by atoms with E-state index in [4.69, 9.17) is 5.73 Å². The molecule has 0 atom stereocenters. The highest BCUT2D eigenvalue weighted by Gasteiger charge is 2.21. The van der Waals surface area contributed by atoms with Gasteiger partial charge in [0.05, 0.1) is 0 Å². The summed E-state index contributed by atoms with van der Waals surface area (Å²) in [4.78, 5) is 14.2. The van der Waals surface area contributed by atoms with Crippen molar-refractivity contribution < 1.29 is 4.79 Å². The third-order valence-electron chi connectivity index (χ3n) is 3.93. The lowest BCUT2D eigenvalue weighted by Gasteiger charge is -2.30. The number of carbonyl (C=O) groups is 1. The number of piperidine rings is 1. The van der Waals surface area contributed by atoms with Gasteiger partial charge in [0.15, 0.2) is 0 Å². The van der Waals surface area contributed by atoms with E-state index in [1.165, 1.54) is 0 Å². The summed E-state index contributed by atoms with van der Waals surface area (Å²) in [7, 11) is 2.13. The van der Waals surface area contributed by atoms with Crippen molar-refractivity contribution in [3.63, 3.8) is 0 Å². The summed E-state index contributed by atoms with van der Waals surface area (Å²) in [5.41, 5.74) is 5.76. The van der Waals surface area contributed by atoms with Crippen LogP contribution in [0.2, 0.25) is 0 Å². The molecule has 1 rings (SSSR count). The number of carbonyl (C=O) groups excluding carboxylic acids is 1.